The molecule has 0 bridgehead atoms. The highest BCUT2D eigenvalue weighted by Crippen LogP contribution is 2.26. The first-order chi connectivity index (χ1) is 9.56. The van der Waals surface area contributed by atoms with E-state index in [-0.39, 0.29) is 10.8 Å². The number of rotatable bonds is 1. The van der Waals surface area contributed by atoms with Crippen molar-refractivity contribution in [2.45, 2.75) is 6.92 Å². The molecule has 0 spiro atoms. The molecule has 0 N–H and O–H groups in total. The van der Waals surface area contributed by atoms with Crippen molar-refractivity contribution in [3.8, 4) is 11.1 Å². The Morgan fingerprint density at radius 2 is 1.90 bits per heavy atom. The summed E-state index contributed by atoms with van der Waals surface area (Å²) in [5.41, 5.74) is 2.06. The van der Waals surface area contributed by atoms with Gasteiger partial charge in [-0.1, -0.05) is 17.7 Å². The van der Waals surface area contributed by atoms with Gasteiger partial charge in [0, 0.05) is 5.02 Å². The maximum Gasteiger partial charge on any atom is 0.200 e. The quantitative estimate of drug-likeness (QED) is 0.657. The Balaban J connectivity index is 2.35. The van der Waals surface area contributed by atoms with E-state index in [4.69, 9.17) is 16.0 Å². The predicted molar refractivity (Wildman–Crippen MR) is 77.6 cm³/mol. The lowest BCUT2D eigenvalue weighted by atomic mass is 10.0. The van der Waals surface area contributed by atoms with Crippen LogP contribution in [0.2, 0.25) is 5.02 Å². The van der Waals surface area contributed by atoms with Crippen molar-refractivity contribution in [2.75, 3.05) is 0 Å². The molecule has 0 saturated carbocycles. The van der Waals surface area contributed by atoms with Gasteiger partial charge in [-0.15, -0.1) is 0 Å². The van der Waals surface area contributed by atoms with Crippen molar-refractivity contribution < 1.29 is 8.81 Å². The topological polar surface area (TPSA) is 30.2 Å². The Bertz CT molecular complexity index is 868. The lowest BCUT2D eigenvalue weighted by Gasteiger charge is -2.06. The molecule has 0 fully saturated rings. The minimum absolute atomic E-state index is 0.224. The molecule has 0 atom stereocenters. The maximum absolute atomic E-state index is 13.3. The highest BCUT2D eigenvalue weighted by molar-refractivity contribution is 6.30. The number of fused-ring (bicyclic) bond motifs is 1. The van der Waals surface area contributed by atoms with Crippen LogP contribution in [0.3, 0.4) is 0 Å². The molecule has 3 rings (SSSR count). The zero-order valence-corrected chi connectivity index (χ0v) is 11.4. The number of halogens is 2. The summed E-state index contributed by atoms with van der Waals surface area (Å²) >= 11 is 5.97. The summed E-state index contributed by atoms with van der Waals surface area (Å²) in [5.74, 6) is -0.468. The Kier molecular flexibility index (Phi) is 3.07. The summed E-state index contributed by atoms with van der Waals surface area (Å²) in [4.78, 5) is 12.5. The minimum Gasteiger partial charge on any atom is -0.463 e. The fourth-order valence-corrected chi connectivity index (χ4v) is 2.35. The van der Waals surface area contributed by atoms with Crippen LogP contribution in [0.25, 0.3) is 22.1 Å². The highest BCUT2D eigenvalue weighted by Gasteiger charge is 2.12. The van der Waals surface area contributed by atoms with E-state index in [1.54, 1.807) is 12.1 Å². The molecular weight excluding hydrogens is 279 g/mol. The van der Waals surface area contributed by atoms with E-state index < -0.39 is 5.82 Å². The highest BCUT2D eigenvalue weighted by atomic mass is 35.5. The molecule has 0 aliphatic rings. The molecule has 1 heterocycles. The van der Waals surface area contributed by atoms with E-state index in [9.17, 15) is 9.18 Å². The van der Waals surface area contributed by atoms with Crippen molar-refractivity contribution in [2.24, 2.45) is 0 Å². The van der Waals surface area contributed by atoms with Gasteiger partial charge in [0.1, 0.15) is 17.7 Å². The minimum atomic E-state index is -0.468. The Morgan fingerprint density at radius 1 is 1.10 bits per heavy atom. The molecule has 4 heteroatoms. The Morgan fingerprint density at radius 3 is 2.70 bits per heavy atom. The summed E-state index contributed by atoms with van der Waals surface area (Å²) in [6.07, 6.45) is 1.39. The van der Waals surface area contributed by atoms with Crippen molar-refractivity contribution >= 4 is 22.6 Å². The molecule has 0 saturated heterocycles. The van der Waals surface area contributed by atoms with Gasteiger partial charge in [-0.3, -0.25) is 4.79 Å². The standard InChI is InChI=1S/C16H10ClFO2/c1-9-2-3-10(17)6-12(9)14-8-20-15-5-4-11(18)7-13(15)16(14)19/h2-8H,1H3. The third kappa shape index (κ3) is 2.10. The van der Waals surface area contributed by atoms with Crippen LogP contribution < -0.4 is 5.43 Å². The molecule has 0 unspecified atom stereocenters. The third-order valence-electron chi connectivity index (χ3n) is 3.22. The van der Waals surface area contributed by atoms with Gasteiger partial charge >= 0.3 is 0 Å². The molecule has 2 aromatic carbocycles. The molecule has 0 radical (unpaired) electrons. The fraction of sp³-hybridized carbons (Fsp3) is 0.0625. The van der Waals surface area contributed by atoms with Gasteiger partial charge in [0.05, 0.1) is 10.9 Å². The molecule has 3 aromatic rings. The smallest absolute Gasteiger partial charge is 0.200 e. The normalized spacial score (nSPS) is 10.9. The fourth-order valence-electron chi connectivity index (χ4n) is 2.17. The lowest BCUT2D eigenvalue weighted by Crippen LogP contribution is -2.06. The van der Waals surface area contributed by atoms with Crippen molar-refractivity contribution in [3.63, 3.8) is 0 Å². The largest absolute Gasteiger partial charge is 0.463 e. The van der Waals surface area contributed by atoms with E-state index in [0.29, 0.717) is 21.7 Å². The maximum atomic E-state index is 13.3. The molecular formula is C16H10ClFO2. The zero-order valence-electron chi connectivity index (χ0n) is 10.6. The van der Waals surface area contributed by atoms with Crippen LogP contribution in [0, 0.1) is 12.7 Å². The van der Waals surface area contributed by atoms with Crippen molar-refractivity contribution in [1.82, 2.24) is 0 Å². The van der Waals surface area contributed by atoms with Crippen LogP contribution in [0.4, 0.5) is 4.39 Å². The Hall–Kier alpha value is -2.13. The first-order valence-corrected chi connectivity index (χ1v) is 6.41. The van der Waals surface area contributed by atoms with E-state index in [0.717, 1.165) is 5.56 Å². The van der Waals surface area contributed by atoms with Crippen LogP contribution in [-0.4, -0.2) is 0 Å². The molecule has 0 amide bonds. The number of hydrogen-bond donors (Lipinski definition) is 0. The first-order valence-electron chi connectivity index (χ1n) is 6.04. The summed E-state index contributed by atoms with van der Waals surface area (Å²) < 4.78 is 18.7. The molecule has 2 nitrogen and oxygen atoms in total. The van der Waals surface area contributed by atoms with Gasteiger partial charge in [0.15, 0.2) is 0 Å². The first kappa shape index (κ1) is 12.9. The average Bonchev–Trinajstić information content (AvgIpc) is 2.43. The van der Waals surface area contributed by atoms with Gasteiger partial charge in [0.2, 0.25) is 5.43 Å². The van der Waals surface area contributed by atoms with E-state index in [1.807, 2.05) is 13.0 Å². The van der Waals surface area contributed by atoms with Crippen LogP contribution in [0.15, 0.2) is 51.9 Å². The second kappa shape index (κ2) is 4.76. The van der Waals surface area contributed by atoms with E-state index in [1.165, 1.54) is 24.5 Å². The van der Waals surface area contributed by atoms with Crippen molar-refractivity contribution in [1.29, 1.82) is 0 Å². The van der Waals surface area contributed by atoms with E-state index >= 15 is 0 Å². The molecule has 20 heavy (non-hydrogen) atoms. The number of aryl methyl sites for hydroxylation is 1. The second-order valence-corrected chi connectivity index (χ2v) is 5.01. The summed E-state index contributed by atoms with van der Waals surface area (Å²) in [6.45, 7) is 1.88. The average molecular weight is 289 g/mol. The Labute approximate surface area is 119 Å². The summed E-state index contributed by atoms with van der Waals surface area (Å²) in [6, 6.07) is 9.17. The molecule has 100 valence electrons. The summed E-state index contributed by atoms with van der Waals surface area (Å²) in [5, 5.41) is 0.756. The number of benzene rings is 2. The van der Waals surface area contributed by atoms with Crippen LogP contribution in [0.5, 0.6) is 0 Å². The second-order valence-electron chi connectivity index (χ2n) is 4.58. The zero-order chi connectivity index (χ0) is 14.3. The monoisotopic (exact) mass is 288 g/mol. The van der Waals surface area contributed by atoms with Gasteiger partial charge < -0.3 is 4.42 Å². The third-order valence-corrected chi connectivity index (χ3v) is 3.46. The molecule has 0 aliphatic carbocycles. The molecule has 0 aliphatic heterocycles. The SMILES string of the molecule is Cc1ccc(Cl)cc1-c1coc2ccc(F)cc2c1=O. The number of hydrogen-bond acceptors (Lipinski definition) is 2. The van der Waals surface area contributed by atoms with Gasteiger partial charge in [-0.2, -0.15) is 0 Å². The van der Waals surface area contributed by atoms with E-state index in [2.05, 4.69) is 0 Å². The van der Waals surface area contributed by atoms with Crippen molar-refractivity contribution in [3.05, 3.63) is 69.3 Å². The van der Waals surface area contributed by atoms with Crippen LogP contribution >= 0.6 is 11.6 Å². The van der Waals surface area contributed by atoms with Crippen LogP contribution in [0.1, 0.15) is 5.56 Å². The van der Waals surface area contributed by atoms with Gasteiger partial charge in [-0.25, -0.2) is 4.39 Å². The molecule has 1 aromatic heterocycles. The summed E-state index contributed by atoms with van der Waals surface area (Å²) in [7, 11) is 0. The van der Waals surface area contributed by atoms with Crippen LogP contribution in [-0.2, 0) is 0 Å². The van der Waals surface area contributed by atoms with Gasteiger partial charge in [0.25, 0.3) is 0 Å². The van der Waals surface area contributed by atoms with Gasteiger partial charge in [-0.05, 0) is 48.4 Å². The lowest BCUT2D eigenvalue weighted by molar-refractivity contribution is 0.598. The predicted octanol–water partition coefficient (Wildman–Crippen LogP) is 4.56.